The molecule has 1 saturated heterocycles. The van der Waals surface area contributed by atoms with Crippen LogP contribution in [0, 0.1) is 16.0 Å². The van der Waals surface area contributed by atoms with Crippen molar-refractivity contribution in [3.63, 3.8) is 0 Å². The number of rotatable bonds is 6. The molecule has 1 aliphatic heterocycles. The fourth-order valence-electron chi connectivity index (χ4n) is 3.27. The molecule has 1 aromatic rings. The standard InChI is InChI=1S/C15H26N4O3/c1-12(2)15-6-4-3-5-7-17(15)10-14(20)11-18-9-13(8-16-18)19(21)22/h8-9,12,14-15,20H,3-7,10-11H2,1-2H3. The number of likely N-dealkylation sites (tertiary alicyclic amines) is 1. The smallest absolute Gasteiger partial charge is 0.306 e. The van der Waals surface area contributed by atoms with Gasteiger partial charge in [-0.2, -0.15) is 5.10 Å². The quantitative estimate of drug-likeness (QED) is 0.642. The van der Waals surface area contributed by atoms with Crippen LogP contribution in [-0.4, -0.2) is 49.9 Å². The second-order valence-electron chi connectivity index (χ2n) is 6.49. The highest BCUT2D eigenvalue weighted by Crippen LogP contribution is 2.23. The molecule has 0 saturated carbocycles. The lowest BCUT2D eigenvalue weighted by molar-refractivity contribution is -0.385. The number of nitro groups is 1. The first-order chi connectivity index (χ1) is 10.5. The summed E-state index contributed by atoms with van der Waals surface area (Å²) in [6.07, 6.45) is 6.86. The zero-order chi connectivity index (χ0) is 16.1. The molecule has 1 aliphatic rings. The molecule has 0 bridgehead atoms. The zero-order valence-electron chi connectivity index (χ0n) is 13.4. The molecule has 7 heteroatoms. The number of β-amino-alcohol motifs (C(OH)–C–C–N with tert-alkyl or cyclic N) is 1. The van der Waals surface area contributed by atoms with Gasteiger partial charge in [-0.05, 0) is 25.3 Å². The maximum atomic E-state index is 10.7. The Morgan fingerprint density at radius 3 is 2.82 bits per heavy atom. The molecule has 0 aliphatic carbocycles. The molecule has 124 valence electrons. The van der Waals surface area contributed by atoms with Crippen LogP contribution in [0.1, 0.15) is 39.5 Å². The van der Waals surface area contributed by atoms with Crippen molar-refractivity contribution < 1.29 is 10.0 Å². The molecule has 0 amide bonds. The molecule has 1 aromatic heterocycles. The van der Waals surface area contributed by atoms with Gasteiger partial charge in [0.1, 0.15) is 12.4 Å². The summed E-state index contributed by atoms with van der Waals surface area (Å²) in [4.78, 5) is 12.6. The summed E-state index contributed by atoms with van der Waals surface area (Å²) in [5.74, 6) is 0.566. The lowest BCUT2D eigenvalue weighted by Crippen LogP contribution is -2.44. The van der Waals surface area contributed by atoms with Crippen LogP contribution < -0.4 is 0 Å². The molecule has 2 unspecified atom stereocenters. The third-order valence-corrected chi connectivity index (χ3v) is 4.36. The van der Waals surface area contributed by atoms with Crippen LogP contribution in [0.5, 0.6) is 0 Å². The van der Waals surface area contributed by atoms with Gasteiger partial charge in [-0.25, -0.2) is 0 Å². The van der Waals surface area contributed by atoms with Gasteiger partial charge in [0.05, 0.1) is 17.6 Å². The van der Waals surface area contributed by atoms with Gasteiger partial charge in [0.2, 0.25) is 0 Å². The Bertz CT molecular complexity index is 489. The van der Waals surface area contributed by atoms with E-state index in [4.69, 9.17) is 0 Å². The second-order valence-corrected chi connectivity index (χ2v) is 6.49. The van der Waals surface area contributed by atoms with Crippen LogP contribution in [-0.2, 0) is 6.54 Å². The predicted octanol–water partition coefficient (Wildman–Crippen LogP) is 2.05. The van der Waals surface area contributed by atoms with E-state index in [-0.39, 0.29) is 12.2 Å². The zero-order valence-corrected chi connectivity index (χ0v) is 13.4. The van der Waals surface area contributed by atoms with Crippen molar-refractivity contribution >= 4 is 5.69 Å². The summed E-state index contributed by atoms with van der Waals surface area (Å²) in [6.45, 7) is 6.35. The first-order valence-corrected chi connectivity index (χ1v) is 8.06. The predicted molar refractivity (Wildman–Crippen MR) is 83.6 cm³/mol. The highest BCUT2D eigenvalue weighted by Gasteiger charge is 2.25. The van der Waals surface area contributed by atoms with Gasteiger partial charge in [0.15, 0.2) is 0 Å². The van der Waals surface area contributed by atoms with Crippen molar-refractivity contribution in [3.8, 4) is 0 Å². The number of aliphatic hydroxyl groups is 1. The minimum absolute atomic E-state index is 0.0398. The van der Waals surface area contributed by atoms with Gasteiger partial charge in [0, 0.05) is 12.6 Å². The number of aliphatic hydroxyl groups excluding tert-OH is 1. The Hall–Kier alpha value is -1.47. The third kappa shape index (κ3) is 4.51. The molecule has 2 heterocycles. The molecular weight excluding hydrogens is 284 g/mol. The van der Waals surface area contributed by atoms with Crippen molar-refractivity contribution in [3.05, 3.63) is 22.5 Å². The van der Waals surface area contributed by atoms with Crippen LogP contribution in [0.15, 0.2) is 12.4 Å². The Kier molecular flexibility index (Phi) is 5.90. The second kappa shape index (κ2) is 7.69. The Balaban J connectivity index is 1.93. The number of hydrogen-bond donors (Lipinski definition) is 1. The molecule has 2 rings (SSSR count). The fourth-order valence-corrected chi connectivity index (χ4v) is 3.27. The minimum Gasteiger partial charge on any atom is -0.390 e. The molecular formula is C15H26N4O3. The lowest BCUT2D eigenvalue weighted by atomic mass is 9.98. The van der Waals surface area contributed by atoms with E-state index in [1.165, 1.54) is 42.8 Å². The van der Waals surface area contributed by atoms with Gasteiger partial charge >= 0.3 is 5.69 Å². The molecule has 0 aromatic carbocycles. The van der Waals surface area contributed by atoms with E-state index in [2.05, 4.69) is 23.8 Å². The van der Waals surface area contributed by atoms with Crippen LogP contribution in [0.25, 0.3) is 0 Å². The summed E-state index contributed by atoms with van der Waals surface area (Å²) in [5, 5.41) is 24.9. The maximum absolute atomic E-state index is 10.7. The monoisotopic (exact) mass is 310 g/mol. The maximum Gasteiger partial charge on any atom is 0.306 e. The Labute approximate surface area is 131 Å². The summed E-state index contributed by atoms with van der Waals surface area (Å²) in [5.41, 5.74) is -0.0398. The first kappa shape index (κ1) is 16.9. The van der Waals surface area contributed by atoms with Crippen molar-refractivity contribution in [1.29, 1.82) is 0 Å². The summed E-state index contributed by atoms with van der Waals surface area (Å²) in [7, 11) is 0. The van der Waals surface area contributed by atoms with E-state index < -0.39 is 11.0 Å². The summed E-state index contributed by atoms with van der Waals surface area (Å²) < 4.78 is 1.45. The lowest BCUT2D eigenvalue weighted by Gasteiger charge is -2.34. The van der Waals surface area contributed by atoms with Gasteiger partial charge in [0.25, 0.3) is 0 Å². The average molecular weight is 310 g/mol. The molecule has 2 atom stereocenters. The topological polar surface area (TPSA) is 84.4 Å². The number of hydrogen-bond acceptors (Lipinski definition) is 5. The first-order valence-electron chi connectivity index (χ1n) is 8.06. The SMILES string of the molecule is CC(C)C1CCCCCN1CC(O)Cn1cc([N+](=O)[O-])cn1. The molecule has 7 nitrogen and oxygen atoms in total. The van der Waals surface area contributed by atoms with E-state index in [1.807, 2.05) is 0 Å². The Morgan fingerprint density at radius 2 is 2.18 bits per heavy atom. The molecule has 0 spiro atoms. The average Bonchev–Trinajstić information content (AvgIpc) is 2.77. The minimum atomic E-state index is -0.571. The van der Waals surface area contributed by atoms with E-state index >= 15 is 0 Å². The van der Waals surface area contributed by atoms with E-state index in [0.29, 0.717) is 18.5 Å². The number of nitrogens with zero attached hydrogens (tertiary/aromatic N) is 4. The van der Waals surface area contributed by atoms with Crippen LogP contribution >= 0.6 is 0 Å². The van der Waals surface area contributed by atoms with Crippen molar-refractivity contribution in [2.75, 3.05) is 13.1 Å². The molecule has 22 heavy (non-hydrogen) atoms. The Morgan fingerprint density at radius 1 is 1.41 bits per heavy atom. The molecule has 1 fully saturated rings. The van der Waals surface area contributed by atoms with E-state index in [9.17, 15) is 15.2 Å². The van der Waals surface area contributed by atoms with Gasteiger partial charge in [-0.1, -0.05) is 26.7 Å². The summed E-state index contributed by atoms with van der Waals surface area (Å²) >= 11 is 0. The van der Waals surface area contributed by atoms with Crippen molar-refractivity contribution in [1.82, 2.24) is 14.7 Å². The van der Waals surface area contributed by atoms with Gasteiger partial charge < -0.3 is 5.11 Å². The largest absolute Gasteiger partial charge is 0.390 e. The van der Waals surface area contributed by atoms with Crippen molar-refractivity contribution in [2.45, 2.75) is 58.2 Å². The third-order valence-electron chi connectivity index (χ3n) is 4.36. The number of aromatic nitrogens is 2. The van der Waals surface area contributed by atoms with Crippen LogP contribution in [0.4, 0.5) is 5.69 Å². The van der Waals surface area contributed by atoms with Crippen LogP contribution in [0.3, 0.4) is 0 Å². The normalized spacial score (nSPS) is 21.7. The highest BCUT2D eigenvalue weighted by molar-refractivity contribution is 5.20. The van der Waals surface area contributed by atoms with Gasteiger partial charge in [-0.3, -0.25) is 19.7 Å². The van der Waals surface area contributed by atoms with E-state index in [1.54, 1.807) is 0 Å². The van der Waals surface area contributed by atoms with Crippen LogP contribution in [0.2, 0.25) is 0 Å². The molecule has 0 radical (unpaired) electrons. The van der Waals surface area contributed by atoms with E-state index in [0.717, 1.165) is 6.54 Å². The summed E-state index contributed by atoms with van der Waals surface area (Å²) in [6, 6.07) is 0.504. The fraction of sp³-hybridized carbons (Fsp3) is 0.800. The van der Waals surface area contributed by atoms with Crippen molar-refractivity contribution in [2.24, 2.45) is 5.92 Å². The van der Waals surface area contributed by atoms with Gasteiger partial charge in [-0.15, -0.1) is 0 Å². The molecule has 1 N–H and O–H groups in total. The highest BCUT2D eigenvalue weighted by atomic mass is 16.6.